The van der Waals surface area contributed by atoms with Gasteiger partial charge in [0.2, 0.25) is 0 Å². The molecule has 0 radical (unpaired) electrons. The molecule has 0 fully saturated rings. The number of hydrogen-bond donors (Lipinski definition) is 1. The van der Waals surface area contributed by atoms with Gasteiger partial charge in [0.25, 0.3) is 15.9 Å². The van der Waals surface area contributed by atoms with Crippen molar-refractivity contribution in [3.05, 3.63) is 94.5 Å². The lowest BCUT2D eigenvalue weighted by molar-refractivity contribution is 0.0940. The molecule has 0 saturated carbocycles. The first-order chi connectivity index (χ1) is 14.2. The minimum Gasteiger partial charge on any atom is -0.345 e. The highest BCUT2D eigenvalue weighted by molar-refractivity contribution is 7.92. The zero-order chi connectivity index (χ0) is 21.9. The SMILES string of the molecule is Cc1ccc([C@@H](C)NC(=O)c2cc(N(C)S(=O)(=O)c3ccccc3)ccc2Cl)cc1. The lowest BCUT2D eigenvalue weighted by Crippen LogP contribution is -2.29. The van der Waals surface area contributed by atoms with Gasteiger partial charge in [-0.3, -0.25) is 9.10 Å². The Kier molecular flexibility index (Phi) is 6.48. The first-order valence-electron chi connectivity index (χ1n) is 9.41. The first-order valence-corrected chi connectivity index (χ1v) is 11.2. The van der Waals surface area contributed by atoms with Crippen molar-refractivity contribution >= 4 is 33.2 Å². The number of sulfonamides is 1. The summed E-state index contributed by atoms with van der Waals surface area (Å²) in [6, 6.07) is 20.4. The number of carbonyl (C=O) groups excluding carboxylic acids is 1. The maximum atomic E-state index is 12.9. The normalized spacial score (nSPS) is 12.3. The summed E-state index contributed by atoms with van der Waals surface area (Å²) in [7, 11) is -2.31. The first kappa shape index (κ1) is 21.9. The van der Waals surface area contributed by atoms with Crippen LogP contribution in [0.4, 0.5) is 5.69 Å². The molecule has 0 aromatic heterocycles. The molecule has 0 aliphatic heterocycles. The Morgan fingerprint density at radius 1 is 1.00 bits per heavy atom. The third kappa shape index (κ3) is 4.66. The molecule has 1 atom stereocenters. The van der Waals surface area contributed by atoms with E-state index in [1.807, 2.05) is 38.1 Å². The molecule has 3 aromatic carbocycles. The van der Waals surface area contributed by atoms with Gasteiger partial charge in [0.1, 0.15) is 0 Å². The van der Waals surface area contributed by atoms with Crippen LogP contribution in [0, 0.1) is 6.92 Å². The average molecular weight is 443 g/mol. The molecule has 0 saturated heterocycles. The molecule has 5 nitrogen and oxygen atoms in total. The fourth-order valence-corrected chi connectivity index (χ4v) is 4.40. The Balaban J connectivity index is 1.86. The fourth-order valence-electron chi connectivity index (χ4n) is 2.99. The smallest absolute Gasteiger partial charge is 0.264 e. The van der Waals surface area contributed by atoms with Crippen LogP contribution in [0.3, 0.4) is 0 Å². The van der Waals surface area contributed by atoms with Crippen molar-refractivity contribution in [1.82, 2.24) is 5.32 Å². The minimum absolute atomic E-state index is 0.168. The molecule has 0 aliphatic carbocycles. The van der Waals surface area contributed by atoms with E-state index < -0.39 is 10.0 Å². The Labute approximate surface area is 182 Å². The lowest BCUT2D eigenvalue weighted by Gasteiger charge is -2.21. The van der Waals surface area contributed by atoms with E-state index in [1.165, 1.54) is 31.3 Å². The summed E-state index contributed by atoms with van der Waals surface area (Å²) in [5.74, 6) is -0.375. The Bertz CT molecular complexity index is 1150. The molecule has 3 rings (SSSR count). The number of benzene rings is 3. The quantitative estimate of drug-likeness (QED) is 0.586. The van der Waals surface area contributed by atoms with Crippen LogP contribution in [0.1, 0.15) is 34.5 Å². The van der Waals surface area contributed by atoms with Crippen LogP contribution in [-0.4, -0.2) is 21.4 Å². The monoisotopic (exact) mass is 442 g/mol. The van der Waals surface area contributed by atoms with Crippen LogP contribution in [0.5, 0.6) is 0 Å². The number of halogens is 1. The van der Waals surface area contributed by atoms with Gasteiger partial charge in [0, 0.05) is 7.05 Å². The van der Waals surface area contributed by atoms with Crippen LogP contribution >= 0.6 is 11.6 Å². The van der Waals surface area contributed by atoms with Crippen molar-refractivity contribution in [1.29, 1.82) is 0 Å². The second kappa shape index (κ2) is 8.90. The van der Waals surface area contributed by atoms with Crippen molar-refractivity contribution in [2.24, 2.45) is 0 Å². The van der Waals surface area contributed by atoms with E-state index in [-0.39, 0.29) is 27.4 Å². The number of aryl methyl sites for hydroxylation is 1. The molecule has 30 heavy (non-hydrogen) atoms. The number of nitrogens with one attached hydrogen (secondary N) is 1. The van der Waals surface area contributed by atoms with Gasteiger partial charge in [-0.15, -0.1) is 0 Å². The molecule has 0 spiro atoms. The highest BCUT2D eigenvalue weighted by Gasteiger charge is 2.23. The van der Waals surface area contributed by atoms with Crippen LogP contribution < -0.4 is 9.62 Å². The van der Waals surface area contributed by atoms with Gasteiger partial charge in [-0.1, -0.05) is 59.6 Å². The zero-order valence-corrected chi connectivity index (χ0v) is 18.5. The van der Waals surface area contributed by atoms with Crippen molar-refractivity contribution in [3.8, 4) is 0 Å². The molecule has 3 aromatic rings. The number of amides is 1. The number of anilines is 1. The fraction of sp³-hybridized carbons (Fsp3) is 0.174. The Morgan fingerprint density at radius 2 is 1.63 bits per heavy atom. The average Bonchev–Trinajstić information content (AvgIpc) is 2.74. The summed E-state index contributed by atoms with van der Waals surface area (Å²) >= 11 is 6.25. The van der Waals surface area contributed by atoms with Crippen LogP contribution in [-0.2, 0) is 10.0 Å². The van der Waals surface area contributed by atoms with Gasteiger partial charge in [0.05, 0.1) is 27.2 Å². The third-order valence-corrected chi connectivity index (χ3v) is 7.01. The molecular weight excluding hydrogens is 420 g/mol. The number of nitrogens with zero attached hydrogens (tertiary/aromatic N) is 1. The maximum Gasteiger partial charge on any atom is 0.264 e. The van der Waals surface area contributed by atoms with E-state index in [0.717, 1.165) is 15.4 Å². The van der Waals surface area contributed by atoms with Gasteiger partial charge < -0.3 is 5.32 Å². The van der Waals surface area contributed by atoms with E-state index in [9.17, 15) is 13.2 Å². The van der Waals surface area contributed by atoms with Crippen LogP contribution in [0.2, 0.25) is 5.02 Å². The molecule has 156 valence electrons. The Morgan fingerprint density at radius 3 is 2.27 bits per heavy atom. The molecular formula is C23H23ClN2O3S. The van der Waals surface area contributed by atoms with Crippen molar-refractivity contribution in [3.63, 3.8) is 0 Å². The standard InChI is InChI=1S/C23H23ClN2O3S/c1-16-9-11-18(12-10-16)17(2)25-23(27)21-15-19(13-14-22(21)24)26(3)30(28,29)20-7-5-4-6-8-20/h4-15,17H,1-3H3,(H,25,27)/t17-/m1/s1. The van der Waals surface area contributed by atoms with Gasteiger partial charge >= 0.3 is 0 Å². The maximum absolute atomic E-state index is 12.9. The molecule has 0 aliphatic rings. The largest absolute Gasteiger partial charge is 0.345 e. The molecule has 0 unspecified atom stereocenters. The summed E-state index contributed by atoms with van der Waals surface area (Å²) < 4.78 is 26.9. The predicted octanol–water partition coefficient (Wildman–Crippen LogP) is 4.96. The summed E-state index contributed by atoms with van der Waals surface area (Å²) in [5, 5.41) is 3.17. The van der Waals surface area contributed by atoms with E-state index >= 15 is 0 Å². The van der Waals surface area contributed by atoms with Gasteiger partial charge in [-0.05, 0) is 49.7 Å². The topological polar surface area (TPSA) is 66.5 Å². The lowest BCUT2D eigenvalue weighted by atomic mass is 10.1. The van der Waals surface area contributed by atoms with E-state index in [4.69, 9.17) is 11.6 Å². The highest BCUT2D eigenvalue weighted by atomic mass is 35.5. The molecule has 7 heteroatoms. The minimum atomic E-state index is -3.76. The number of hydrogen-bond acceptors (Lipinski definition) is 3. The zero-order valence-electron chi connectivity index (χ0n) is 17.0. The van der Waals surface area contributed by atoms with Gasteiger partial charge in [0.15, 0.2) is 0 Å². The third-order valence-electron chi connectivity index (χ3n) is 4.88. The molecule has 1 amide bonds. The predicted molar refractivity (Wildman–Crippen MR) is 121 cm³/mol. The van der Waals surface area contributed by atoms with Crippen molar-refractivity contribution in [2.45, 2.75) is 24.8 Å². The molecule has 1 N–H and O–H groups in total. The van der Waals surface area contributed by atoms with Crippen molar-refractivity contribution < 1.29 is 13.2 Å². The second-order valence-corrected chi connectivity index (χ2v) is 9.43. The number of rotatable bonds is 6. The van der Waals surface area contributed by atoms with E-state index in [1.54, 1.807) is 24.3 Å². The summed E-state index contributed by atoms with van der Waals surface area (Å²) in [6.45, 7) is 3.88. The van der Waals surface area contributed by atoms with E-state index in [2.05, 4.69) is 5.32 Å². The highest BCUT2D eigenvalue weighted by Crippen LogP contribution is 2.27. The Hall–Kier alpha value is -2.83. The van der Waals surface area contributed by atoms with Crippen LogP contribution in [0.15, 0.2) is 77.7 Å². The summed E-state index contributed by atoms with van der Waals surface area (Å²) in [4.78, 5) is 13.0. The van der Waals surface area contributed by atoms with E-state index in [0.29, 0.717) is 5.69 Å². The molecule has 0 heterocycles. The van der Waals surface area contributed by atoms with Crippen molar-refractivity contribution in [2.75, 3.05) is 11.4 Å². The number of carbonyl (C=O) groups is 1. The molecule has 0 bridgehead atoms. The second-order valence-electron chi connectivity index (χ2n) is 7.06. The summed E-state index contributed by atoms with van der Waals surface area (Å²) in [5.41, 5.74) is 2.65. The van der Waals surface area contributed by atoms with Gasteiger partial charge in [-0.25, -0.2) is 8.42 Å². The summed E-state index contributed by atoms with van der Waals surface area (Å²) in [6.07, 6.45) is 0. The van der Waals surface area contributed by atoms with Crippen LogP contribution in [0.25, 0.3) is 0 Å². The van der Waals surface area contributed by atoms with Gasteiger partial charge in [-0.2, -0.15) is 0 Å².